The van der Waals surface area contributed by atoms with Crippen LogP contribution in [0.3, 0.4) is 0 Å². The molecule has 0 aromatic carbocycles. The van der Waals surface area contributed by atoms with Gasteiger partial charge < -0.3 is 22.6 Å². The largest absolute Gasteiger partial charge is 1.00 e. The molecule has 0 spiro atoms. The molecular weight excluding hydrogens is 194 g/mol. The Balaban J connectivity index is 0.00000144. The lowest BCUT2D eigenvalue weighted by Gasteiger charge is -2.04. The highest BCUT2D eigenvalue weighted by molar-refractivity contribution is 5.81. The number of carbonyl (C=O) groups excluding carboxylic acids is 1. The number of aromatic hydroxyl groups is 1. The molecule has 5 heteroatoms. The van der Waals surface area contributed by atoms with Gasteiger partial charge in [0.1, 0.15) is 5.75 Å². The van der Waals surface area contributed by atoms with E-state index in [-0.39, 0.29) is 30.3 Å². The van der Waals surface area contributed by atoms with Crippen molar-refractivity contribution in [2.24, 2.45) is 0 Å². The Bertz CT molecular complexity index is 315. The summed E-state index contributed by atoms with van der Waals surface area (Å²) in [5, 5.41) is 18.1. The highest BCUT2D eigenvalue weighted by atomic mass is 35.5. The van der Waals surface area contributed by atoms with Gasteiger partial charge in [0.15, 0.2) is 6.29 Å². The summed E-state index contributed by atoms with van der Waals surface area (Å²) < 4.78 is 0. The fourth-order valence-electron chi connectivity index (χ4n) is 0.910. The second kappa shape index (κ2) is 4.79. The van der Waals surface area contributed by atoms with Gasteiger partial charge >= 0.3 is 0 Å². The van der Waals surface area contributed by atoms with Crippen LogP contribution in [0.1, 0.15) is 21.6 Å². The summed E-state index contributed by atoms with van der Waals surface area (Å²) >= 11 is 0. The Morgan fingerprint density at radius 1 is 1.62 bits per heavy atom. The standard InChI is InChI=1S/C8H9NO3.ClH/c1-5-8(12)7(4-11)6(3-10)2-9-5;/h2,4,10,12H,3H2,1H3;1H/p-1. The minimum atomic E-state index is -0.297. The molecule has 4 nitrogen and oxygen atoms in total. The van der Waals surface area contributed by atoms with E-state index in [4.69, 9.17) is 5.11 Å². The molecule has 0 amide bonds. The van der Waals surface area contributed by atoms with E-state index in [9.17, 15) is 9.90 Å². The van der Waals surface area contributed by atoms with E-state index in [1.807, 2.05) is 0 Å². The maximum Gasteiger partial charge on any atom is 0.154 e. The topological polar surface area (TPSA) is 70.4 Å². The van der Waals surface area contributed by atoms with Crippen molar-refractivity contribution >= 4 is 6.29 Å². The molecule has 0 fully saturated rings. The van der Waals surface area contributed by atoms with Gasteiger partial charge in [0.05, 0.1) is 17.9 Å². The summed E-state index contributed by atoms with van der Waals surface area (Å²) in [5.41, 5.74) is 0.840. The third-order valence-corrected chi connectivity index (χ3v) is 1.65. The van der Waals surface area contributed by atoms with Gasteiger partial charge in [0, 0.05) is 11.8 Å². The first kappa shape index (κ1) is 11.9. The molecule has 72 valence electrons. The van der Waals surface area contributed by atoms with E-state index >= 15 is 0 Å². The molecule has 1 aromatic heterocycles. The van der Waals surface area contributed by atoms with Gasteiger partial charge in [-0.25, -0.2) is 0 Å². The maximum atomic E-state index is 10.5. The smallest absolute Gasteiger partial charge is 0.154 e. The molecule has 0 aliphatic heterocycles. The number of rotatable bonds is 2. The van der Waals surface area contributed by atoms with E-state index in [1.165, 1.54) is 6.20 Å². The lowest BCUT2D eigenvalue weighted by Crippen LogP contribution is -3.00. The summed E-state index contributed by atoms with van der Waals surface area (Å²) in [5.74, 6) is -0.156. The van der Waals surface area contributed by atoms with Gasteiger partial charge in [0.25, 0.3) is 0 Å². The molecule has 13 heavy (non-hydrogen) atoms. The van der Waals surface area contributed by atoms with Crippen molar-refractivity contribution in [1.29, 1.82) is 0 Å². The molecule has 1 aromatic rings. The number of nitrogens with zero attached hydrogens (tertiary/aromatic N) is 1. The molecule has 0 atom stereocenters. The van der Waals surface area contributed by atoms with Crippen molar-refractivity contribution in [2.45, 2.75) is 13.5 Å². The minimum Gasteiger partial charge on any atom is -1.00 e. The van der Waals surface area contributed by atoms with Crippen LogP contribution in [-0.4, -0.2) is 21.5 Å². The summed E-state index contributed by atoms with van der Waals surface area (Å²) in [4.78, 5) is 14.2. The number of carbonyl (C=O) groups is 1. The molecule has 0 aliphatic rings. The van der Waals surface area contributed by atoms with E-state index in [1.54, 1.807) is 6.92 Å². The summed E-state index contributed by atoms with van der Waals surface area (Å²) in [6.07, 6.45) is 1.88. The Kier molecular flexibility index (Phi) is 4.37. The molecule has 0 bridgehead atoms. The number of pyridine rings is 1. The van der Waals surface area contributed by atoms with Crippen LogP contribution in [0, 0.1) is 6.92 Å². The highest BCUT2D eigenvalue weighted by Crippen LogP contribution is 2.21. The second-order valence-electron chi connectivity index (χ2n) is 2.41. The number of aryl methyl sites for hydroxylation is 1. The number of aliphatic hydroxyl groups excluding tert-OH is 1. The fourth-order valence-corrected chi connectivity index (χ4v) is 0.910. The predicted molar refractivity (Wildman–Crippen MR) is 41.9 cm³/mol. The molecule has 1 rings (SSSR count). The van der Waals surface area contributed by atoms with Crippen molar-refractivity contribution in [3.8, 4) is 5.75 Å². The Labute approximate surface area is 81.6 Å². The van der Waals surface area contributed by atoms with Crippen LogP contribution >= 0.6 is 0 Å². The minimum absolute atomic E-state index is 0. The maximum absolute atomic E-state index is 10.5. The number of aldehydes is 1. The molecule has 0 saturated carbocycles. The zero-order valence-corrected chi connectivity index (χ0v) is 7.75. The monoisotopic (exact) mass is 202 g/mol. The molecule has 1 heterocycles. The Morgan fingerprint density at radius 2 is 2.23 bits per heavy atom. The molecule has 0 aliphatic carbocycles. The van der Waals surface area contributed by atoms with Crippen LogP contribution in [0.15, 0.2) is 6.20 Å². The van der Waals surface area contributed by atoms with Gasteiger partial charge in [-0.3, -0.25) is 9.78 Å². The zero-order chi connectivity index (χ0) is 9.14. The first-order valence-electron chi connectivity index (χ1n) is 3.44. The third-order valence-electron chi connectivity index (χ3n) is 1.65. The molecule has 2 N–H and O–H groups in total. The lowest BCUT2D eigenvalue weighted by atomic mass is 10.1. The summed E-state index contributed by atoms with van der Waals surface area (Å²) in [7, 11) is 0. The van der Waals surface area contributed by atoms with Gasteiger partial charge in [0.2, 0.25) is 0 Å². The van der Waals surface area contributed by atoms with Crippen molar-refractivity contribution in [3.63, 3.8) is 0 Å². The van der Waals surface area contributed by atoms with Crippen LogP contribution in [0.2, 0.25) is 0 Å². The first-order valence-corrected chi connectivity index (χ1v) is 3.44. The molecule has 0 radical (unpaired) electrons. The zero-order valence-electron chi connectivity index (χ0n) is 6.99. The van der Waals surface area contributed by atoms with E-state index in [0.717, 1.165) is 0 Å². The van der Waals surface area contributed by atoms with Crippen LogP contribution in [0.4, 0.5) is 0 Å². The molecule has 0 saturated heterocycles. The third kappa shape index (κ3) is 2.17. The number of hydrogen-bond donors (Lipinski definition) is 2. The van der Waals surface area contributed by atoms with E-state index in [0.29, 0.717) is 17.5 Å². The predicted octanol–water partition coefficient (Wildman–Crippen LogP) is -2.60. The Hall–Kier alpha value is -1.13. The van der Waals surface area contributed by atoms with Gasteiger partial charge in [-0.05, 0) is 6.92 Å². The second-order valence-corrected chi connectivity index (χ2v) is 2.41. The van der Waals surface area contributed by atoms with Crippen molar-refractivity contribution in [2.75, 3.05) is 0 Å². The quantitative estimate of drug-likeness (QED) is 0.517. The number of hydrogen-bond acceptors (Lipinski definition) is 4. The first-order chi connectivity index (χ1) is 5.70. The highest BCUT2D eigenvalue weighted by Gasteiger charge is 2.09. The summed E-state index contributed by atoms with van der Waals surface area (Å²) in [6, 6.07) is 0. The normalized spacial score (nSPS) is 9.08. The SMILES string of the molecule is Cc1ncc(CO)c(C=O)c1O.[Cl-]. The average Bonchev–Trinajstić information content (AvgIpc) is 2.09. The average molecular weight is 203 g/mol. The number of aromatic nitrogens is 1. The van der Waals surface area contributed by atoms with Gasteiger partial charge in [-0.15, -0.1) is 0 Å². The van der Waals surface area contributed by atoms with Gasteiger partial charge in [-0.2, -0.15) is 0 Å². The number of halogens is 1. The van der Waals surface area contributed by atoms with Crippen LogP contribution < -0.4 is 12.4 Å². The fraction of sp³-hybridized carbons (Fsp3) is 0.250. The molecule has 0 unspecified atom stereocenters. The van der Waals surface area contributed by atoms with Crippen molar-refractivity contribution in [3.05, 3.63) is 23.0 Å². The van der Waals surface area contributed by atoms with Gasteiger partial charge in [-0.1, -0.05) is 0 Å². The van der Waals surface area contributed by atoms with Crippen LogP contribution in [0.5, 0.6) is 5.75 Å². The molecular formula is C8H9ClNO3-. The lowest BCUT2D eigenvalue weighted by molar-refractivity contribution is -0.0000111. The van der Waals surface area contributed by atoms with Crippen LogP contribution in [0.25, 0.3) is 0 Å². The van der Waals surface area contributed by atoms with E-state index in [2.05, 4.69) is 4.98 Å². The summed E-state index contributed by atoms with van der Waals surface area (Å²) in [6.45, 7) is 1.29. The van der Waals surface area contributed by atoms with E-state index < -0.39 is 0 Å². The van der Waals surface area contributed by atoms with Crippen molar-refractivity contribution in [1.82, 2.24) is 4.98 Å². The van der Waals surface area contributed by atoms with Crippen molar-refractivity contribution < 1.29 is 27.4 Å². The van der Waals surface area contributed by atoms with Crippen LogP contribution in [-0.2, 0) is 6.61 Å². The number of aliphatic hydroxyl groups is 1. The Morgan fingerprint density at radius 3 is 2.69 bits per heavy atom.